The maximum Gasteiger partial charge on any atom is 0.243 e. The van der Waals surface area contributed by atoms with Crippen molar-refractivity contribution in [3.05, 3.63) is 12.2 Å². The molecule has 0 aliphatic carbocycles. The molecule has 1 amide bonds. The van der Waals surface area contributed by atoms with Crippen LogP contribution >= 0.6 is 0 Å². The van der Waals surface area contributed by atoms with Crippen molar-refractivity contribution in [2.45, 2.75) is 27.2 Å². The van der Waals surface area contributed by atoms with Crippen molar-refractivity contribution in [2.75, 3.05) is 6.54 Å². The Kier molecular flexibility index (Phi) is 5.53. The maximum atomic E-state index is 10.9. The molecule has 0 fully saturated rings. The highest BCUT2D eigenvalue weighted by molar-refractivity contribution is 5.87. The number of hydrogen-bond donors (Lipinski definition) is 1. The first kappa shape index (κ1) is 10.2. The van der Waals surface area contributed by atoms with Gasteiger partial charge in [0.25, 0.3) is 0 Å². The first-order chi connectivity index (χ1) is 5.16. The zero-order valence-corrected chi connectivity index (χ0v) is 7.55. The summed E-state index contributed by atoms with van der Waals surface area (Å²) in [4.78, 5) is 10.9. The molecule has 0 aliphatic rings. The van der Waals surface area contributed by atoms with Crippen molar-refractivity contribution in [2.24, 2.45) is 5.92 Å². The molecule has 0 rings (SSSR count). The van der Waals surface area contributed by atoms with E-state index < -0.39 is 0 Å². The van der Waals surface area contributed by atoms with Gasteiger partial charge in [-0.1, -0.05) is 26.8 Å². The van der Waals surface area contributed by atoms with Crippen LogP contribution in [0.1, 0.15) is 27.2 Å². The number of allylic oxidation sites excluding steroid dienone is 1. The molecular formula is C9H17NO. The van der Waals surface area contributed by atoms with Gasteiger partial charge in [0.1, 0.15) is 0 Å². The lowest BCUT2D eigenvalue weighted by Crippen LogP contribution is -2.25. The van der Waals surface area contributed by atoms with E-state index in [0.717, 1.165) is 13.0 Å². The maximum absolute atomic E-state index is 10.9. The fourth-order valence-corrected chi connectivity index (χ4v) is 0.589. The molecule has 11 heavy (non-hydrogen) atoms. The summed E-state index contributed by atoms with van der Waals surface area (Å²) in [6.45, 7) is 6.91. The van der Waals surface area contributed by atoms with Crippen LogP contribution in [0.4, 0.5) is 0 Å². The van der Waals surface area contributed by atoms with Gasteiger partial charge in [0.2, 0.25) is 5.91 Å². The van der Waals surface area contributed by atoms with Gasteiger partial charge >= 0.3 is 0 Å². The summed E-state index contributed by atoms with van der Waals surface area (Å²) in [5.41, 5.74) is 0. The number of rotatable bonds is 4. The van der Waals surface area contributed by atoms with Gasteiger partial charge < -0.3 is 5.32 Å². The first-order valence-corrected chi connectivity index (χ1v) is 4.11. The van der Waals surface area contributed by atoms with Crippen LogP contribution in [-0.4, -0.2) is 12.5 Å². The molecule has 0 aromatic rings. The lowest BCUT2D eigenvalue weighted by Gasteiger charge is -2.03. The lowest BCUT2D eigenvalue weighted by atomic mass is 10.2. The highest BCUT2D eigenvalue weighted by atomic mass is 16.1. The molecule has 64 valence electrons. The molecule has 0 unspecified atom stereocenters. The zero-order chi connectivity index (χ0) is 8.69. The Morgan fingerprint density at radius 1 is 1.55 bits per heavy atom. The van der Waals surface area contributed by atoms with Gasteiger partial charge in [-0.05, 0) is 18.4 Å². The monoisotopic (exact) mass is 155 g/mol. The topological polar surface area (TPSA) is 29.1 Å². The zero-order valence-electron chi connectivity index (χ0n) is 7.55. The standard InChI is InChI=1S/C9H17NO/c1-4-5-6-9(11)10-7-8(2)3/h5-6,8H,4,7H2,1-3H3,(H,10,11). The second kappa shape index (κ2) is 5.96. The smallest absolute Gasteiger partial charge is 0.243 e. The second-order valence-corrected chi connectivity index (χ2v) is 2.95. The van der Waals surface area contributed by atoms with Crippen molar-refractivity contribution >= 4 is 5.91 Å². The van der Waals surface area contributed by atoms with Crippen molar-refractivity contribution in [3.63, 3.8) is 0 Å². The van der Waals surface area contributed by atoms with E-state index >= 15 is 0 Å². The molecule has 0 aliphatic heterocycles. The van der Waals surface area contributed by atoms with E-state index in [1.165, 1.54) is 0 Å². The highest BCUT2D eigenvalue weighted by Crippen LogP contribution is 1.87. The predicted molar refractivity (Wildman–Crippen MR) is 47.3 cm³/mol. The molecule has 1 N–H and O–H groups in total. The Morgan fingerprint density at radius 2 is 2.18 bits per heavy atom. The SMILES string of the molecule is CCC=CC(=O)NCC(C)C. The van der Waals surface area contributed by atoms with Gasteiger partial charge in [0, 0.05) is 6.54 Å². The van der Waals surface area contributed by atoms with Crippen LogP contribution in [0.25, 0.3) is 0 Å². The summed E-state index contributed by atoms with van der Waals surface area (Å²) in [6.07, 6.45) is 4.35. The number of carbonyl (C=O) groups is 1. The normalized spacial score (nSPS) is 10.9. The van der Waals surface area contributed by atoms with E-state index in [1.807, 2.05) is 13.0 Å². The molecular weight excluding hydrogens is 138 g/mol. The summed E-state index contributed by atoms with van der Waals surface area (Å²) in [6, 6.07) is 0. The minimum atomic E-state index is 0.0144. The Morgan fingerprint density at radius 3 is 2.64 bits per heavy atom. The van der Waals surface area contributed by atoms with Gasteiger partial charge in [0.05, 0.1) is 0 Å². The molecule has 0 atom stereocenters. The van der Waals surface area contributed by atoms with E-state index in [0.29, 0.717) is 5.92 Å². The predicted octanol–water partition coefficient (Wildman–Crippen LogP) is 1.72. The van der Waals surface area contributed by atoms with Crippen LogP contribution in [0.5, 0.6) is 0 Å². The molecule has 0 heterocycles. The van der Waals surface area contributed by atoms with Crippen LogP contribution in [0.15, 0.2) is 12.2 Å². The third-order valence-corrected chi connectivity index (χ3v) is 1.19. The molecule has 0 radical (unpaired) electrons. The van der Waals surface area contributed by atoms with Crippen LogP contribution < -0.4 is 5.32 Å². The first-order valence-electron chi connectivity index (χ1n) is 4.11. The average molecular weight is 155 g/mol. The average Bonchev–Trinajstić information content (AvgIpc) is 1.97. The van der Waals surface area contributed by atoms with E-state index in [4.69, 9.17) is 0 Å². The fraction of sp³-hybridized carbons (Fsp3) is 0.667. The van der Waals surface area contributed by atoms with E-state index in [9.17, 15) is 4.79 Å². The minimum absolute atomic E-state index is 0.0144. The Bertz CT molecular complexity index is 138. The van der Waals surface area contributed by atoms with E-state index in [1.54, 1.807) is 6.08 Å². The van der Waals surface area contributed by atoms with Gasteiger partial charge in [-0.15, -0.1) is 0 Å². The number of carbonyl (C=O) groups excluding carboxylic acids is 1. The highest BCUT2D eigenvalue weighted by Gasteiger charge is 1.95. The molecule has 0 aromatic heterocycles. The van der Waals surface area contributed by atoms with Crippen LogP contribution in [0, 0.1) is 5.92 Å². The summed E-state index contributed by atoms with van der Waals surface area (Å²) >= 11 is 0. The summed E-state index contributed by atoms with van der Waals surface area (Å²) in [5, 5.41) is 2.79. The van der Waals surface area contributed by atoms with Gasteiger partial charge in [-0.2, -0.15) is 0 Å². The van der Waals surface area contributed by atoms with E-state index in [2.05, 4.69) is 19.2 Å². The van der Waals surface area contributed by atoms with Crippen molar-refractivity contribution in [3.8, 4) is 0 Å². The third kappa shape index (κ3) is 7.10. The molecule has 2 nitrogen and oxygen atoms in total. The second-order valence-electron chi connectivity index (χ2n) is 2.95. The lowest BCUT2D eigenvalue weighted by molar-refractivity contribution is -0.116. The molecule has 0 saturated heterocycles. The Labute approximate surface area is 68.7 Å². The molecule has 0 bridgehead atoms. The van der Waals surface area contributed by atoms with Crippen LogP contribution in [0.3, 0.4) is 0 Å². The largest absolute Gasteiger partial charge is 0.352 e. The number of amides is 1. The van der Waals surface area contributed by atoms with Crippen molar-refractivity contribution in [1.82, 2.24) is 5.32 Å². The molecule has 0 spiro atoms. The third-order valence-electron chi connectivity index (χ3n) is 1.19. The molecule has 2 heteroatoms. The van der Waals surface area contributed by atoms with Crippen molar-refractivity contribution < 1.29 is 4.79 Å². The molecule has 0 saturated carbocycles. The van der Waals surface area contributed by atoms with Crippen molar-refractivity contribution in [1.29, 1.82) is 0 Å². The fourth-order valence-electron chi connectivity index (χ4n) is 0.589. The Balaban J connectivity index is 3.45. The van der Waals surface area contributed by atoms with E-state index in [-0.39, 0.29) is 5.91 Å². The van der Waals surface area contributed by atoms with Gasteiger partial charge in [-0.25, -0.2) is 0 Å². The van der Waals surface area contributed by atoms with Gasteiger partial charge in [-0.3, -0.25) is 4.79 Å². The summed E-state index contributed by atoms with van der Waals surface area (Å²) in [5.74, 6) is 0.537. The van der Waals surface area contributed by atoms with Crippen LogP contribution in [0.2, 0.25) is 0 Å². The summed E-state index contributed by atoms with van der Waals surface area (Å²) < 4.78 is 0. The Hall–Kier alpha value is -0.790. The quantitative estimate of drug-likeness (QED) is 0.615. The summed E-state index contributed by atoms with van der Waals surface area (Å²) in [7, 11) is 0. The number of nitrogens with one attached hydrogen (secondary N) is 1. The van der Waals surface area contributed by atoms with Gasteiger partial charge in [0.15, 0.2) is 0 Å². The van der Waals surface area contributed by atoms with Crippen LogP contribution in [-0.2, 0) is 4.79 Å². The molecule has 0 aromatic carbocycles. The number of hydrogen-bond acceptors (Lipinski definition) is 1. The minimum Gasteiger partial charge on any atom is -0.352 e.